The first-order valence-corrected chi connectivity index (χ1v) is 6.98. The zero-order chi connectivity index (χ0) is 13.2. The topological polar surface area (TPSA) is 15.3 Å². The van der Waals surface area contributed by atoms with Gasteiger partial charge in [-0.15, -0.1) is 0 Å². The standard InChI is InChI=1S/C13H23F3N2/c1-2-18-8-11(6-13(14,15)16)5-12(9-18)17-7-10-3-4-10/h10-12,17H,2-9H2,1H3. The molecule has 106 valence electrons. The predicted molar refractivity (Wildman–Crippen MR) is 65.4 cm³/mol. The highest BCUT2D eigenvalue weighted by atomic mass is 19.4. The lowest BCUT2D eigenvalue weighted by Gasteiger charge is -2.38. The van der Waals surface area contributed by atoms with Crippen LogP contribution >= 0.6 is 0 Å². The quantitative estimate of drug-likeness (QED) is 0.821. The van der Waals surface area contributed by atoms with Crippen molar-refractivity contribution in [3.8, 4) is 0 Å². The number of hydrogen-bond acceptors (Lipinski definition) is 2. The van der Waals surface area contributed by atoms with E-state index in [9.17, 15) is 13.2 Å². The van der Waals surface area contributed by atoms with E-state index in [-0.39, 0.29) is 12.0 Å². The van der Waals surface area contributed by atoms with Crippen LogP contribution in [0.2, 0.25) is 0 Å². The fraction of sp³-hybridized carbons (Fsp3) is 1.00. The van der Waals surface area contributed by atoms with Gasteiger partial charge in [0.05, 0.1) is 0 Å². The van der Waals surface area contributed by atoms with Crippen LogP contribution in [0.4, 0.5) is 13.2 Å². The summed E-state index contributed by atoms with van der Waals surface area (Å²) in [5.41, 5.74) is 0. The second-order valence-electron chi connectivity index (χ2n) is 5.82. The van der Waals surface area contributed by atoms with Crippen molar-refractivity contribution in [2.45, 2.75) is 44.8 Å². The first-order chi connectivity index (χ1) is 8.46. The van der Waals surface area contributed by atoms with Crippen LogP contribution < -0.4 is 5.32 Å². The fourth-order valence-electron chi connectivity index (χ4n) is 2.84. The number of piperidine rings is 1. The molecule has 0 aromatic rings. The molecule has 2 atom stereocenters. The molecule has 1 N–H and O–H groups in total. The molecule has 0 amide bonds. The maximum atomic E-state index is 12.5. The smallest absolute Gasteiger partial charge is 0.312 e. The van der Waals surface area contributed by atoms with Gasteiger partial charge in [-0.1, -0.05) is 6.92 Å². The maximum Gasteiger partial charge on any atom is 0.389 e. The molecule has 2 rings (SSSR count). The van der Waals surface area contributed by atoms with Crippen molar-refractivity contribution in [3.05, 3.63) is 0 Å². The molecule has 0 aromatic carbocycles. The average molecular weight is 264 g/mol. The van der Waals surface area contributed by atoms with Crippen LogP contribution in [0.3, 0.4) is 0 Å². The van der Waals surface area contributed by atoms with Gasteiger partial charge in [0.15, 0.2) is 0 Å². The highest BCUT2D eigenvalue weighted by molar-refractivity contribution is 4.86. The van der Waals surface area contributed by atoms with E-state index in [1.165, 1.54) is 12.8 Å². The van der Waals surface area contributed by atoms with Crippen molar-refractivity contribution in [1.82, 2.24) is 10.2 Å². The lowest BCUT2D eigenvalue weighted by Crippen LogP contribution is -2.50. The first kappa shape index (κ1) is 14.1. The summed E-state index contributed by atoms with van der Waals surface area (Å²) in [6.45, 7) is 5.35. The van der Waals surface area contributed by atoms with Crippen molar-refractivity contribution >= 4 is 0 Å². The van der Waals surface area contributed by atoms with Crippen molar-refractivity contribution in [2.24, 2.45) is 11.8 Å². The molecule has 2 fully saturated rings. The maximum absolute atomic E-state index is 12.5. The van der Waals surface area contributed by atoms with E-state index in [0.29, 0.717) is 13.0 Å². The number of likely N-dealkylation sites (N-methyl/N-ethyl adjacent to an activating group) is 1. The number of halogens is 3. The molecular weight excluding hydrogens is 241 g/mol. The summed E-state index contributed by atoms with van der Waals surface area (Å²) in [5.74, 6) is 0.540. The molecule has 0 spiro atoms. The van der Waals surface area contributed by atoms with Gasteiger partial charge in [0.2, 0.25) is 0 Å². The van der Waals surface area contributed by atoms with Gasteiger partial charge in [0.1, 0.15) is 0 Å². The van der Waals surface area contributed by atoms with Gasteiger partial charge >= 0.3 is 6.18 Å². The molecule has 1 heterocycles. The Kier molecular flexibility index (Phi) is 4.54. The Morgan fingerprint density at radius 1 is 1.17 bits per heavy atom. The van der Waals surface area contributed by atoms with Crippen LogP contribution in [0.5, 0.6) is 0 Å². The zero-order valence-electron chi connectivity index (χ0n) is 11.0. The third kappa shape index (κ3) is 4.76. The summed E-state index contributed by atoms with van der Waals surface area (Å²) >= 11 is 0. The van der Waals surface area contributed by atoms with E-state index < -0.39 is 12.6 Å². The van der Waals surface area contributed by atoms with E-state index in [0.717, 1.165) is 25.6 Å². The molecule has 5 heteroatoms. The Morgan fingerprint density at radius 3 is 2.44 bits per heavy atom. The molecule has 1 aliphatic carbocycles. The summed E-state index contributed by atoms with van der Waals surface area (Å²) in [6, 6.07) is 0.242. The van der Waals surface area contributed by atoms with Gasteiger partial charge < -0.3 is 10.2 Å². The second kappa shape index (κ2) is 5.78. The SMILES string of the molecule is CCN1CC(CC(F)(F)F)CC(NCC2CC2)C1. The largest absolute Gasteiger partial charge is 0.389 e. The molecule has 2 unspecified atom stereocenters. The van der Waals surface area contributed by atoms with Crippen molar-refractivity contribution in [3.63, 3.8) is 0 Å². The Hall–Kier alpha value is -0.290. The zero-order valence-corrected chi connectivity index (χ0v) is 11.0. The van der Waals surface area contributed by atoms with Crippen molar-refractivity contribution < 1.29 is 13.2 Å². The van der Waals surface area contributed by atoms with Crippen LogP contribution in [0.25, 0.3) is 0 Å². The molecule has 18 heavy (non-hydrogen) atoms. The highest BCUT2D eigenvalue weighted by Gasteiger charge is 2.36. The van der Waals surface area contributed by atoms with Crippen LogP contribution in [0.15, 0.2) is 0 Å². The Morgan fingerprint density at radius 2 is 1.89 bits per heavy atom. The van der Waals surface area contributed by atoms with E-state index in [1.54, 1.807) is 0 Å². The number of rotatable bonds is 5. The van der Waals surface area contributed by atoms with Crippen LogP contribution in [-0.4, -0.2) is 43.3 Å². The molecule has 2 aliphatic rings. The van der Waals surface area contributed by atoms with Crippen molar-refractivity contribution in [2.75, 3.05) is 26.2 Å². The number of nitrogens with zero attached hydrogens (tertiary/aromatic N) is 1. The van der Waals surface area contributed by atoms with E-state index in [1.807, 2.05) is 6.92 Å². The molecular formula is C13H23F3N2. The first-order valence-electron chi connectivity index (χ1n) is 6.98. The highest BCUT2D eigenvalue weighted by Crippen LogP contribution is 2.31. The Bertz CT molecular complexity index is 263. The summed E-state index contributed by atoms with van der Waals surface area (Å²) < 4.78 is 37.5. The molecule has 0 radical (unpaired) electrons. The van der Waals surface area contributed by atoms with Crippen LogP contribution in [-0.2, 0) is 0 Å². The number of alkyl halides is 3. The molecule has 0 bridgehead atoms. The summed E-state index contributed by atoms with van der Waals surface area (Å²) in [6.07, 6.45) is -1.43. The Labute approximate surface area is 107 Å². The lowest BCUT2D eigenvalue weighted by atomic mass is 9.91. The summed E-state index contributed by atoms with van der Waals surface area (Å²) in [7, 11) is 0. The fourth-order valence-corrected chi connectivity index (χ4v) is 2.84. The minimum Gasteiger partial charge on any atom is -0.312 e. The van der Waals surface area contributed by atoms with Gasteiger partial charge in [-0.2, -0.15) is 13.2 Å². The minimum absolute atomic E-state index is 0.240. The molecule has 1 saturated heterocycles. The number of hydrogen-bond donors (Lipinski definition) is 1. The Balaban J connectivity index is 1.82. The molecule has 1 aliphatic heterocycles. The van der Waals surface area contributed by atoms with Gasteiger partial charge in [-0.25, -0.2) is 0 Å². The number of nitrogens with one attached hydrogen (secondary N) is 1. The van der Waals surface area contributed by atoms with Crippen LogP contribution in [0.1, 0.15) is 32.6 Å². The van der Waals surface area contributed by atoms with Crippen LogP contribution in [0, 0.1) is 11.8 Å². The second-order valence-corrected chi connectivity index (χ2v) is 5.82. The number of likely N-dealkylation sites (tertiary alicyclic amines) is 1. The minimum atomic E-state index is -4.03. The normalized spacial score (nSPS) is 30.7. The van der Waals surface area contributed by atoms with E-state index in [2.05, 4.69) is 10.2 Å². The monoisotopic (exact) mass is 264 g/mol. The van der Waals surface area contributed by atoms with Crippen molar-refractivity contribution in [1.29, 1.82) is 0 Å². The van der Waals surface area contributed by atoms with E-state index in [4.69, 9.17) is 0 Å². The molecule has 0 aromatic heterocycles. The summed E-state index contributed by atoms with van der Waals surface area (Å²) in [4.78, 5) is 2.14. The predicted octanol–water partition coefficient (Wildman–Crippen LogP) is 2.65. The third-order valence-electron chi connectivity index (χ3n) is 3.97. The van der Waals surface area contributed by atoms with Gasteiger partial charge in [-0.3, -0.25) is 0 Å². The lowest BCUT2D eigenvalue weighted by molar-refractivity contribution is -0.148. The third-order valence-corrected chi connectivity index (χ3v) is 3.97. The van der Waals surface area contributed by atoms with E-state index >= 15 is 0 Å². The van der Waals surface area contributed by atoms with Gasteiger partial charge in [0, 0.05) is 25.6 Å². The molecule has 1 saturated carbocycles. The van der Waals surface area contributed by atoms with Gasteiger partial charge in [0.25, 0.3) is 0 Å². The average Bonchev–Trinajstić information content (AvgIpc) is 3.07. The molecule has 2 nitrogen and oxygen atoms in total. The summed E-state index contributed by atoms with van der Waals surface area (Å²) in [5, 5.41) is 3.45. The van der Waals surface area contributed by atoms with Gasteiger partial charge in [-0.05, 0) is 44.2 Å².